The summed E-state index contributed by atoms with van der Waals surface area (Å²) in [5.41, 5.74) is 4.77. The van der Waals surface area contributed by atoms with Crippen LogP contribution in [-0.2, 0) is 22.6 Å². The molecule has 0 amide bonds. The summed E-state index contributed by atoms with van der Waals surface area (Å²) < 4.78 is 12.1. The molecule has 194 valence electrons. The molecule has 1 atom stereocenters. The van der Waals surface area contributed by atoms with Gasteiger partial charge in [0, 0.05) is 54.8 Å². The van der Waals surface area contributed by atoms with E-state index in [0.717, 1.165) is 42.0 Å². The number of aromatic nitrogens is 3. The molecule has 0 bridgehead atoms. The number of aliphatic hydroxyl groups is 1. The lowest BCUT2D eigenvalue weighted by Gasteiger charge is -2.38. The summed E-state index contributed by atoms with van der Waals surface area (Å²) >= 11 is 0. The third kappa shape index (κ3) is 6.20. The normalized spacial score (nSPS) is 14.4. The quantitative estimate of drug-likeness (QED) is 0.283. The standard InChI is InChI=1S/C30H30N4O4/c1-21(35)30-31-13-14-34(30)20-27-16-28(38-32-27)26-11-9-23(10-12-26)4-3-22-5-7-24(8-6-22)17-33-18-25(19-33)15-29(36)37-2/h5-14,16,21,25,35H,15,17-20H2,1-2H3. The lowest BCUT2D eigenvalue weighted by molar-refractivity contribution is -0.143. The van der Waals surface area contributed by atoms with Crippen molar-refractivity contribution in [3.8, 4) is 23.2 Å². The zero-order chi connectivity index (χ0) is 26.5. The number of methoxy groups -OCH3 is 1. The van der Waals surface area contributed by atoms with Gasteiger partial charge in [-0.3, -0.25) is 9.69 Å². The first-order valence-electron chi connectivity index (χ1n) is 12.6. The molecule has 1 unspecified atom stereocenters. The monoisotopic (exact) mass is 510 g/mol. The van der Waals surface area contributed by atoms with Crippen LogP contribution in [0.4, 0.5) is 0 Å². The Hall–Kier alpha value is -4.19. The molecule has 0 saturated carbocycles. The number of hydrogen-bond acceptors (Lipinski definition) is 7. The average Bonchev–Trinajstić information content (AvgIpc) is 3.57. The molecule has 8 heteroatoms. The van der Waals surface area contributed by atoms with Crippen LogP contribution in [0.1, 0.15) is 47.7 Å². The van der Waals surface area contributed by atoms with Gasteiger partial charge in [-0.15, -0.1) is 0 Å². The summed E-state index contributed by atoms with van der Waals surface area (Å²) in [6, 6.07) is 18.1. The van der Waals surface area contributed by atoms with E-state index in [1.54, 1.807) is 13.1 Å². The van der Waals surface area contributed by atoms with Crippen molar-refractivity contribution in [2.24, 2.45) is 5.92 Å². The van der Waals surface area contributed by atoms with E-state index in [0.29, 0.717) is 30.5 Å². The number of ether oxygens (including phenoxy) is 1. The summed E-state index contributed by atoms with van der Waals surface area (Å²) in [5, 5.41) is 14.0. The van der Waals surface area contributed by atoms with Crippen molar-refractivity contribution in [1.82, 2.24) is 19.6 Å². The summed E-state index contributed by atoms with van der Waals surface area (Å²) in [6.07, 6.45) is 3.32. The van der Waals surface area contributed by atoms with Gasteiger partial charge in [-0.05, 0) is 54.8 Å². The molecule has 1 aliphatic heterocycles. The fraction of sp³-hybridized carbons (Fsp3) is 0.300. The van der Waals surface area contributed by atoms with E-state index in [1.165, 1.54) is 12.7 Å². The molecule has 8 nitrogen and oxygen atoms in total. The van der Waals surface area contributed by atoms with Gasteiger partial charge in [0.25, 0.3) is 0 Å². The number of benzene rings is 2. The second-order valence-electron chi connectivity index (χ2n) is 9.64. The van der Waals surface area contributed by atoms with Gasteiger partial charge in [-0.25, -0.2) is 4.98 Å². The molecule has 0 radical (unpaired) electrons. The summed E-state index contributed by atoms with van der Waals surface area (Å²) in [6.45, 7) is 4.89. The first kappa shape index (κ1) is 25.5. The molecule has 1 fully saturated rings. The molecule has 1 aliphatic rings. The van der Waals surface area contributed by atoms with Crippen molar-refractivity contribution in [1.29, 1.82) is 0 Å². The van der Waals surface area contributed by atoms with E-state index in [1.807, 2.05) is 53.2 Å². The van der Waals surface area contributed by atoms with E-state index in [-0.39, 0.29) is 5.97 Å². The molecule has 0 spiro atoms. The molecule has 2 aromatic carbocycles. The van der Waals surface area contributed by atoms with Gasteiger partial charge in [0.1, 0.15) is 17.6 Å². The smallest absolute Gasteiger partial charge is 0.305 e. The average molecular weight is 511 g/mol. The largest absolute Gasteiger partial charge is 0.469 e. The number of likely N-dealkylation sites (tertiary alicyclic amines) is 1. The predicted molar refractivity (Wildman–Crippen MR) is 142 cm³/mol. The number of rotatable bonds is 8. The number of aliphatic hydroxyl groups excluding tert-OH is 1. The van der Waals surface area contributed by atoms with Crippen LogP contribution in [0.25, 0.3) is 11.3 Å². The molecule has 1 N–H and O–H groups in total. The Morgan fingerprint density at radius 1 is 1.11 bits per heavy atom. The van der Waals surface area contributed by atoms with Crippen molar-refractivity contribution in [3.05, 3.63) is 95.2 Å². The lowest BCUT2D eigenvalue weighted by Crippen LogP contribution is -2.46. The number of carbonyl (C=O) groups excluding carboxylic acids is 1. The second kappa shape index (κ2) is 11.5. The van der Waals surface area contributed by atoms with Crippen molar-refractivity contribution in [2.75, 3.05) is 20.2 Å². The fourth-order valence-electron chi connectivity index (χ4n) is 4.59. The fourth-order valence-corrected chi connectivity index (χ4v) is 4.59. The number of imidazole rings is 1. The van der Waals surface area contributed by atoms with E-state index in [2.05, 4.69) is 39.0 Å². The Kier molecular flexibility index (Phi) is 7.68. The van der Waals surface area contributed by atoms with Crippen LogP contribution in [0.3, 0.4) is 0 Å². The van der Waals surface area contributed by atoms with Crippen LogP contribution in [0.5, 0.6) is 0 Å². The van der Waals surface area contributed by atoms with Crippen LogP contribution < -0.4 is 0 Å². The SMILES string of the molecule is COC(=O)CC1CN(Cc2ccc(C#Cc3ccc(-c4cc(Cn5ccnc5C(C)O)no4)cc3)cc2)C1. The van der Waals surface area contributed by atoms with Gasteiger partial charge < -0.3 is 18.9 Å². The van der Waals surface area contributed by atoms with Crippen LogP contribution in [0, 0.1) is 17.8 Å². The highest BCUT2D eigenvalue weighted by Crippen LogP contribution is 2.23. The number of esters is 1. The molecular formula is C30H30N4O4. The zero-order valence-corrected chi connectivity index (χ0v) is 21.5. The molecule has 2 aromatic heterocycles. The Bertz CT molecular complexity index is 1440. The Morgan fingerprint density at radius 3 is 2.45 bits per heavy atom. The number of nitrogens with zero attached hydrogens (tertiary/aromatic N) is 4. The summed E-state index contributed by atoms with van der Waals surface area (Å²) in [4.78, 5) is 17.9. The topological polar surface area (TPSA) is 93.6 Å². The van der Waals surface area contributed by atoms with Gasteiger partial charge >= 0.3 is 5.97 Å². The maximum absolute atomic E-state index is 11.4. The molecular weight excluding hydrogens is 480 g/mol. The van der Waals surface area contributed by atoms with Gasteiger partial charge in [0.05, 0.1) is 20.1 Å². The zero-order valence-electron chi connectivity index (χ0n) is 21.5. The Balaban J connectivity index is 1.14. The van der Waals surface area contributed by atoms with Crippen molar-refractivity contribution in [2.45, 2.75) is 32.5 Å². The van der Waals surface area contributed by atoms with E-state index < -0.39 is 6.10 Å². The maximum Gasteiger partial charge on any atom is 0.305 e. The molecule has 3 heterocycles. The van der Waals surface area contributed by atoms with E-state index >= 15 is 0 Å². The van der Waals surface area contributed by atoms with Crippen molar-refractivity contribution >= 4 is 5.97 Å². The van der Waals surface area contributed by atoms with Crippen LogP contribution in [0.15, 0.2) is 71.5 Å². The first-order chi connectivity index (χ1) is 18.5. The maximum atomic E-state index is 11.4. The highest BCUT2D eigenvalue weighted by atomic mass is 16.5. The molecule has 5 rings (SSSR count). The minimum Gasteiger partial charge on any atom is -0.469 e. The highest BCUT2D eigenvalue weighted by Gasteiger charge is 2.28. The Morgan fingerprint density at radius 2 is 1.79 bits per heavy atom. The van der Waals surface area contributed by atoms with E-state index in [4.69, 9.17) is 9.26 Å². The summed E-state index contributed by atoms with van der Waals surface area (Å²) in [5.74, 6) is 7.98. The minimum absolute atomic E-state index is 0.131. The van der Waals surface area contributed by atoms with Gasteiger partial charge in [-0.2, -0.15) is 0 Å². The molecule has 0 aliphatic carbocycles. The summed E-state index contributed by atoms with van der Waals surface area (Å²) in [7, 11) is 1.44. The van der Waals surface area contributed by atoms with E-state index in [9.17, 15) is 9.90 Å². The Labute approximate surface area is 221 Å². The highest BCUT2D eigenvalue weighted by molar-refractivity contribution is 5.69. The van der Waals surface area contributed by atoms with Gasteiger partial charge in [0.15, 0.2) is 5.76 Å². The second-order valence-corrected chi connectivity index (χ2v) is 9.64. The van der Waals surface area contributed by atoms with Crippen LogP contribution in [0.2, 0.25) is 0 Å². The molecule has 38 heavy (non-hydrogen) atoms. The third-order valence-corrected chi connectivity index (χ3v) is 6.61. The van der Waals surface area contributed by atoms with Gasteiger partial charge in [-0.1, -0.05) is 29.1 Å². The molecule has 4 aromatic rings. The number of carbonyl (C=O) groups is 1. The van der Waals surface area contributed by atoms with Crippen molar-refractivity contribution in [3.63, 3.8) is 0 Å². The van der Waals surface area contributed by atoms with Crippen LogP contribution in [-0.4, -0.2) is 50.9 Å². The van der Waals surface area contributed by atoms with Crippen LogP contribution >= 0.6 is 0 Å². The third-order valence-electron chi connectivity index (χ3n) is 6.61. The van der Waals surface area contributed by atoms with Crippen molar-refractivity contribution < 1.29 is 19.2 Å². The lowest BCUT2D eigenvalue weighted by atomic mass is 9.95. The minimum atomic E-state index is -0.651. The first-order valence-corrected chi connectivity index (χ1v) is 12.6. The number of hydrogen-bond donors (Lipinski definition) is 1. The van der Waals surface area contributed by atoms with Gasteiger partial charge in [0.2, 0.25) is 0 Å². The molecule has 1 saturated heterocycles. The predicted octanol–water partition coefficient (Wildman–Crippen LogP) is 4.03.